The quantitative estimate of drug-likeness (QED) is 0.774. The predicted octanol–water partition coefficient (Wildman–Crippen LogP) is 2.76. The largest absolute Gasteiger partial charge is 0.495 e. The molecule has 140 valence electrons. The minimum absolute atomic E-state index is 0.157. The maximum atomic E-state index is 13.1. The van der Waals surface area contributed by atoms with Crippen LogP contribution in [-0.4, -0.2) is 27.7 Å². The molecule has 0 bridgehead atoms. The number of amides is 1. The van der Waals surface area contributed by atoms with Gasteiger partial charge >= 0.3 is 0 Å². The number of sulfonamides is 1. The third-order valence-corrected chi connectivity index (χ3v) is 4.36. The van der Waals surface area contributed by atoms with Crippen molar-refractivity contribution < 1.29 is 22.3 Å². The van der Waals surface area contributed by atoms with Crippen molar-refractivity contribution in [2.45, 2.75) is 19.4 Å². The third-order valence-electron chi connectivity index (χ3n) is 3.65. The Morgan fingerprint density at radius 3 is 2.42 bits per heavy atom. The van der Waals surface area contributed by atoms with Crippen molar-refractivity contribution in [2.75, 3.05) is 18.7 Å². The third kappa shape index (κ3) is 5.82. The number of carbonyl (C=O) groups excluding carboxylic acids is 1. The summed E-state index contributed by atoms with van der Waals surface area (Å²) in [6.45, 7) is 1.88. The van der Waals surface area contributed by atoms with E-state index in [9.17, 15) is 17.6 Å². The van der Waals surface area contributed by atoms with Gasteiger partial charge in [-0.15, -0.1) is 0 Å². The molecule has 0 aliphatic rings. The second kappa shape index (κ2) is 8.29. The van der Waals surface area contributed by atoms with Crippen LogP contribution in [0.3, 0.4) is 0 Å². The van der Waals surface area contributed by atoms with E-state index < -0.39 is 27.8 Å². The van der Waals surface area contributed by atoms with Gasteiger partial charge in [0.05, 0.1) is 25.1 Å². The van der Waals surface area contributed by atoms with Gasteiger partial charge in [0, 0.05) is 6.42 Å². The Balaban J connectivity index is 2.21. The van der Waals surface area contributed by atoms with Gasteiger partial charge in [0.2, 0.25) is 15.9 Å². The van der Waals surface area contributed by atoms with Crippen molar-refractivity contribution in [2.24, 2.45) is 0 Å². The van der Waals surface area contributed by atoms with Gasteiger partial charge in [-0.2, -0.15) is 0 Å². The zero-order valence-electron chi connectivity index (χ0n) is 14.7. The number of halogens is 1. The number of rotatable bonds is 7. The fourth-order valence-corrected chi connectivity index (χ4v) is 3.22. The average molecular weight is 380 g/mol. The Kier molecular flexibility index (Phi) is 6.33. The van der Waals surface area contributed by atoms with E-state index in [1.165, 1.54) is 31.4 Å². The van der Waals surface area contributed by atoms with Crippen LogP contribution in [0.1, 0.15) is 23.6 Å². The molecule has 0 aliphatic carbocycles. The number of anilines is 1. The van der Waals surface area contributed by atoms with Gasteiger partial charge in [0.1, 0.15) is 11.6 Å². The average Bonchev–Trinajstić information content (AvgIpc) is 2.54. The Labute approximate surface area is 152 Å². The Hall–Kier alpha value is -2.45. The number of nitrogens with one attached hydrogen (secondary N) is 2. The number of hydrogen-bond acceptors (Lipinski definition) is 4. The van der Waals surface area contributed by atoms with Gasteiger partial charge in [-0.1, -0.05) is 18.2 Å². The predicted molar refractivity (Wildman–Crippen MR) is 98.1 cm³/mol. The molecule has 2 rings (SSSR count). The maximum Gasteiger partial charge on any atom is 0.226 e. The summed E-state index contributed by atoms with van der Waals surface area (Å²) in [6.07, 6.45) is 0.848. The van der Waals surface area contributed by atoms with Crippen LogP contribution in [0.5, 0.6) is 5.75 Å². The van der Waals surface area contributed by atoms with E-state index in [4.69, 9.17) is 4.74 Å². The molecule has 26 heavy (non-hydrogen) atoms. The van der Waals surface area contributed by atoms with Crippen LogP contribution in [0.2, 0.25) is 0 Å². The van der Waals surface area contributed by atoms with E-state index in [1.54, 1.807) is 12.1 Å². The highest BCUT2D eigenvalue weighted by Crippen LogP contribution is 2.26. The van der Waals surface area contributed by atoms with E-state index in [2.05, 4.69) is 10.0 Å². The standard InChI is InChI=1S/C18H21FN2O4S/c1-12-4-9-17(25-2)16(10-12)20-18(22)11-15(21-26(3,23)24)13-5-7-14(19)8-6-13/h4-10,15,21H,11H2,1-3H3,(H,20,22)/t15-/m1/s1. The van der Waals surface area contributed by atoms with E-state index >= 15 is 0 Å². The molecule has 0 unspecified atom stereocenters. The molecule has 0 saturated heterocycles. The Morgan fingerprint density at radius 1 is 1.19 bits per heavy atom. The summed E-state index contributed by atoms with van der Waals surface area (Å²) in [7, 11) is -2.08. The van der Waals surface area contributed by atoms with Crippen LogP contribution < -0.4 is 14.8 Å². The highest BCUT2D eigenvalue weighted by molar-refractivity contribution is 7.88. The normalized spacial score (nSPS) is 12.5. The molecule has 2 aromatic rings. The molecule has 0 heterocycles. The minimum Gasteiger partial charge on any atom is -0.495 e. The number of hydrogen-bond donors (Lipinski definition) is 2. The summed E-state index contributed by atoms with van der Waals surface area (Å²) in [4.78, 5) is 12.5. The number of carbonyl (C=O) groups is 1. The first-order valence-electron chi connectivity index (χ1n) is 7.85. The molecule has 2 aromatic carbocycles. The molecule has 6 nitrogen and oxygen atoms in total. The number of benzene rings is 2. The van der Waals surface area contributed by atoms with E-state index in [0.717, 1.165) is 11.8 Å². The molecule has 1 amide bonds. The first-order chi connectivity index (χ1) is 12.2. The summed E-state index contributed by atoms with van der Waals surface area (Å²) < 4.78 is 44.0. The van der Waals surface area contributed by atoms with Crippen LogP contribution in [-0.2, 0) is 14.8 Å². The van der Waals surface area contributed by atoms with Crippen LogP contribution in [0.4, 0.5) is 10.1 Å². The van der Waals surface area contributed by atoms with Crippen LogP contribution in [0.25, 0.3) is 0 Å². The van der Waals surface area contributed by atoms with Gasteiger partial charge in [-0.25, -0.2) is 17.5 Å². The highest BCUT2D eigenvalue weighted by atomic mass is 32.2. The number of aryl methyl sites for hydroxylation is 1. The van der Waals surface area contributed by atoms with E-state index in [0.29, 0.717) is 17.0 Å². The molecule has 0 aromatic heterocycles. The molecular weight excluding hydrogens is 359 g/mol. The topological polar surface area (TPSA) is 84.5 Å². The lowest BCUT2D eigenvalue weighted by Crippen LogP contribution is -2.30. The van der Waals surface area contributed by atoms with Crippen molar-refractivity contribution >= 4 is 21.6 Å². The monoisotopic (exact) mass is 380 g/mol. The van der Waals surface area contributed by atoms with Gasteiger partial charge in [-0.05, 0) is 42.3 Å². The minimum atomic E-state index is -3.57. The Morgan fingerprint density at radius 2 is 1.85 bits per heavy atom. The van der Waals surface area contributed by atoms with Gasteiger partial charge in [0.25, 0.3) is 0 Å². The summed E-state index contributed by atoms with van der Waals surface area (Å²) in [5, 5.41) is 2.73. The van der Waals surface area contributed by atoms with Gasteiger partial charge in [0.15, 0.2) is 0 Å². The molecule has 0 radical (unpaired) electrons. The second-order valence-electron chi connectivity index (χ2n) is 5.95. The Bertz CT molecular complexity index is 883. The molecular formula is C18H21FN2O4S. The lowest BCUT2D eigenvalue weighted by Gasteiger charge is -2.18. The SMILES string of the molecule is COc1ccc(C)cc1NC(=O)C[C@@H](NS(C)(=O)=O)c1ccc(F)cc1. The van der Waals surface area contributed by atoms with Crippen LogP contribution in [0, 0.1) is 12.7 Å². The van der Waals surface area contributed by atoms with Crippen molar-refractivity contribution in [3.8, 4) is 5.75 Å². The highest BCUT2D eigenvalue weighted by Gasteiger charge is 2.20. The number of methoxy groups -OCH3 is 1. The smallest absolute Gasteiger partial charge is 0.226 e. The van der Waals surface area contributed by atoms with Gasteiger partial charge < -0.3 is 10.1 Å². The molecule has 8 heteroatoms. The maximum absolute atomic E-state index is 13.1. The molecule has 0 fully saturated rings. The van der Waals surface area contributed by atoms with Crippen LogP contribution >= 0.6 is 0 Å². The zero-order valence-corrected chi connectivity index (χ0v) is 15.6. The molecule has 0 spiro atoms. The summed E-state index contributed by atoms with van der Waals surface area (Å²) in [5.41, 5.74) is 1.92. The summed E-state index contributed by atoms with van der Waals surface area (Å²) in [6, 6.07) is 9.84. The van der Waals surface area contributed by atoms with E-state index in [-0.39, 0.29) is 6.42 Å². The van der Waals surface area contributed by atoms with Crippen molar-refractivity contribution in [1.82, 2.24) is 4.72 Å². The van der Waals surface area contributed by atoms with Crippen molar-refractivity contribution in [1.29, 1.82) is 0 Å². The van der Waals surface area contributed by atoms with Crippen LogP contribution in [0.15, 0.2) is 42.5 Å². The molecule has 1 atom stereocenters. The van der Waals surface area contributed by atoms with Crippen molar-refractivity contribution in [3.05, 3.63) is 59.4 Å². The van der Waals surface area contributed by atoms with E-state index in [1.807, 2.05) is 13.0 Å². The zero-order chi connectivity index (χ0) is 19.3. The summed E-state index contributed by atoms with van der Waals surface area (Å²) >= 11 is 0. The fourth-order valence-electron chi connectivity index (χ4n) is 2.49. The molecule has 0 aliphatic heterocycles. The first-order valence-corrected chi connectivity index (χ1v) is 9.74. The van der Waals surface area contributed by atoms with Gasteiger partial charge in [-0.3, -0.25) is 4.79 Å². The molecule has 0 saturated carbocycles. The fraction of sp³-hybridized carbons (Fsp3) is 0.278. The lowest BCUT2D eigenvalue weighted by atomic mass is 10.0. The summed E-state index contributed by atoms with van der Waals surface area (Å²) in [5.74, 6) is -0.349. The number of ether oxygens (including phenoxy) is 1. The second-order valence-corrected chi connectivity index (χ2v) is 7.73. The van der Waals surface area contributed by atoms with Crippen molar-refractivity contribution in [3.63, 3.8) is 0 Å². The lowest BCUT2D eigenvalue weighted by molar-refractivity contribution is -0.116. The first kappa shape index (κ1) is 19.9. The molecule has 2 N–H and O–H groups in total.